The van der Waals surface area contributed by atoms with Crippen LogP contribution in [0.2, 0.25) is 0 Å². The van der Waals surface area contributed by atoms with Crippen LogP contribution in [0, 0.1) is 0 Å². The largest absolute Gasteiger partial charge is 0.493 e. The number of carboxylic acid groups (broad SMARTS) is 1. The van der Waals surface area contributed by atoms with Crippen LogP contribution in [0.3, 0.4) is 0 Å². The molecule has 1 N–H and O–H groups in total. The summed E-state index contributed by atoms with van der Waals surface area (Å²) < 4.78 is 16.2. The highest BCUT2D eigenvalue weighted by atomic mass is 16.5. The van der Waals surface area contributed by atoms with Crippen LogP contribution in [-0.4, -0.2) is 37.5 Å². The van der Waals surface area contributed by atoms with Gasteiger partial charge in [0.1, 0.15) is 11.7 Å². The summed E-state index contributed by atoms with van der Waals surface area (Å²) >= 11 is 0. The third kappa shape index (κ3) is 2.73. The Morgan fingerprint density at radius 1 is 1.39 bits per heavy atom. The maximum atomic E-state index is 11.2. The fourth-order valence-electron chi connectivity index (χ4n) is 1.93. The quantitative estimate of drug-likeness (QED) is 0.887. The first kappa shape index (κ1) is 12.7. The molecule has 0 saturated carbocycles. The summed E-state index contributed by atoms with van der Waals surface area (Å²) in [6.45, 7) is 1.28. The molecule has 0 spiro atoms. The van der Waals surface area contributed by atoms with Crippen molar-refractivity contribution in [3.8, 4) is 11.5 Å². The summed E-state index contributed by atoms with van der Waals surface area (Å²) in [5.41, 5.74) is 0.126. The van der Waals surface area contributed by atoms with Crippen LogP contribution in [-0.2, 0) is 4.74 Å². The highest BCUT2D eigenvalue weighted by Gasteiger charge is 2.22. The van der Waals surface area contributed by atoms with Gasteiger partial charge in [-0.05, 0) is 12.1 Å². The maximum absolute atomic E-state index is 11.2. The van der Waals surface area contributed by atoms with Crippen LogP contribution in [0.15, 0.2) is 18.2 Å². The van der Waals surface area contributed by atoms with Crippen molar-refractivity contribution in [2.24, 2.45) is 0 Å². The molecule has 0 radical (unpaired) electrons. The molecule has 98 valence electrons. The lowest BCUT2D eigenvalue weighted by molar-refractivity contribution is 0.0238. The van der Waals surface area contributed by atoms with Gasteiger partial charge in [-0.3, -0.25) is 0 Å². The number of methoxy groups -OCH3 is 1. The average molecular weight is 252 g/mol. The third-order valence-corrected chi connectivity index (χ3v) is 2.88. The zero-order chi connectivity index (χ0) is 13.0. The number of ether oxygens (including phenoxy) is 3. The Morgan fingerprint density at radius 3 is 2.72 bits per heavy atom. The van der Waals surface area contributed by atoms with Crippen molar-refractivity contribution in [2.45, 2.75) is 18.9 Å². The lowest BCUT2D eigenvalue weighted by atomic mass is 10.1. The van der Waals surface area contributed by atoms with Crippen molar-refractivity contribution >= 4 is 5.97 Å². The van der Waals surface area contributed by atoms with Gasteiger partial charge in [-0.15, -0.1) is 0 Å². The molecule has 5 nitrogen and oxygen atoms in total. The maximum Gasteiger partial charge on any atom is 0.339 e. The topological polar surface area (TPSA) is 65.0 Å². The Kier molecular flexibility index (Phi) is 4.04. The zero-order valence-corrected chi connectivity index (χ0v) is 10.2. The van der Waals surface area contributed by atoms with Gasteiger partial charge in [-0.2, -0.15) is 0 Å². The molecule has 0 unspecified atom stereocenters. The summed E-state index contributed by atoms with van der Waals surface area (Å²) in [4.78, 5) is 11.2. The molecule has 0 atom stereocenters. The van der Waals surface area contributed by atoms with Crippen LogP contribution in [0.5, 0.6) is 11.5 Å². The van der Waals surface area contributed by atoms with E-state index in [4.69, 9.17) is 19.3 Å². The fourth-order valence-corrected chi connectivity index (χ4v) is 1.93. The van der Waals surface area contributed by atoms with E-state index >= 15 is 0 Å². The Bertz CT molecular complexity index is 423. The number of benzene rings is 1. The molecule has 1 heterocycles. The number of hydrogen-bond donors (Lipinski definition) is 1. The van der Waals surface area contributed by atoms with E-state index in [1.165, 1.54) is 13.2 Å². The van der Waals surface area contributed by atoms with E-state index in [0.717, 1.165) is 12.8 Å². The van der Waals surface area contributed by atoms with Crippen LogP contribution < -0.4 is 9.47 Å². The molecule has 1 aromatic rings. The third-order valence-electron chi connectivity index (χ3n) is 2.88. The Labute approximate surface area is 105 Å². The summed E-state index contributed by atoms with van der Waals surface area (Å²) in [6.07, 6.45) is 1.50. The predicted molar refractivity (Wildman–Crippen MR) is 64.4 cm³/mol. The normalized spacial score (nSPS) is 16.3. The number of carbonyl (C=O) groups is 1. The van der Waals surface area contributed by atoms with Crippen molar-refractivity contribution in [1.82, 2.24) is 0 Å². The second-order valence-electron chi connectivity index (χ2n) is 4.07. The number of carboxylic acids is 1. The molecular weight excluding hydrogens is 236 g/mol. The van der Waals surface area contributed by atoms with E-state index in [1.807, 2.05) is 0 Å². The molecule has 0 amide bonds. The molecule has 2 rings (SSSR count). The lowest BCUT2D eigenvalue weighted by Gasteiger charge is -2.24. The SMILES string of the molecule is COc1cccc(C(=O)O)c1OC1CCOCC1. The summed E-state index contributed by atoms with van der Waals surface area (Å²) in [6, 6.07) is 4.85. The second kappa shape index (κ2) is 5.73. The number of aromatic carboxylic acids is 1. The van der Waals surface area contributed by atoms with E-state index in [0.29, 0.717) is 24.7 Å². The Morgan fingerprint density at radius 2 is 2.11 bits per heavy atom. The first-order valence-corrected chi connectivity index (χ1v) is 5.87. The molecule has 1 aliphatic rings. The van der Waals surface area contributed by atoms with E-state index < -0.39 is 5.97 Å². The van der Waals surface area contributed by atoms with Crippen LogP contribution in [0.25, 0.3) is 0 Å². The zero-order valence-electron chi connectivity index (χ0n) is 10.2. The standard InChI is InChI=1S/C13H16O5/c1-16-11-4-2-3-10(13(14)15)12(11)18-9-5-7-17-8-6-9/h2-4,9H,5-8H2,1H3,(H,14,15). The van der Waals surface area contributed by atoms with Gasteiger partial charge in [0.15, 0.2) is 11.5 Å². The minimum Gasteiger partial charge on any atom is -0.493 e. The van der Waals surface area contributed by atoms with Gasteiger partial charge in [-0.1, -0.05) is 6.07 Å². The highest BCUT2D eigenvalue weighted by molar-refractivity contribution is 5.92. The molecule has 1 aromatic carbocycles. The molecule has 0 aliphatic carbocycles. The van der Waals surface area contributed by atoms with Gasteiger partial charge in [0.05, 0.1) is 20.3 Å². The number of para-hydroxylation sites is 1. The second-order valence-corrected chi connectivity index (χ2v) is 4.07. The van der Waals surface area contributed by atoms with Gasteiger partial charge in [0.25, 0.3) is 0 Å². The predicted octanol–water partition coefficient (Wildman–Crippen LogP) is 1.95. The summed E-state index contributed by atoms with van der Waals surface area (Å²) in [5, 5.41) is 9.15. The average Bonchev–Trinajstić information content (AvgIpc) is 2.40. The molecular formula is C13H16O5. The van der Waals surface area contributed by atoms with Crippen molar-refractivity contribution in [1.29, 1.82) is 0 Å². The Balaban J connectivity index is 2.25. The monoisotopic (exact) mass is 252 g/mol. The van der Waals surface area contributed by atoms with E-state index in [2.05, 4.69) is 0 Å². The van der Waals surface area contributed by atoms with Crippen molar-refractivity contribution < 1.29 is 24.1 Å². The van der Waals surface area contributed by atoms with Crippen LogP contribution in [0.4, 0.5) is 0 Å². The fraction of sp³-hybridized carbons (Fsp3) is 0.462. The van der Waals surface area contributed by atoms with Crippen molar-refractivity contribution in [2.75, 3.05) is 20.3 Å². The van der Waals surface area contributed by atoms with Gasteiger partial charge >= 0.3 is 5.97 Å². The lowest BCUT2D eigenvalue weighted by Crippen LogP contribution is -2.26. The first-order valence-electron chi connectivity index (χ1n) is 5.87. The minimum atomic E-state index is -1.02. The molecule has 0 bridgehead atoms. The van der Waals surface area contributed by atoms with Gasteiger partial charge in [-0.25, -0.2) is 4.79 Å². The summed E-state index contributed by atoms with van der Waals surface area (Å²) in [5.74, 6) is -0.267. The van der Waals surface area contributed by atoms with Gasteiger partial charge < -0.3 is 19.3 Å². The van der Waals surface area contributed by atoms with Gasteiger partial charge in [0.2, 0.25) is 0 Å². The highest BCUT2D eigenvalue weighted by Crippen LogP contribution is 2.33. The first-order chi connectivity index (χ1) is 8.72. The molecule has 0 aromatic heterocycles. The van der Waals surface area contributed by atoms with Crippen LogP contribution >= 0.6 is 0 Å². The molecule has 1 aliphatic heterocycles. The van der Waals surface area contributed by atoms with Gasteiger partial charge in [0, 0.05) is 12.8 Å². The van der Waals surface area contributed by atoms with E-state index in [-0.39, 0.29) is 11.7 Å². The number of rotatable bonds is 4. The number of hydrogen-bond acceptors (Lipinski definition) is 4. The molecule has 18 heavy (non-hydrogen) atoms. The molecule has 5 heteroatoms. The van der Waals surface area contributed by atoms with Crippen LogP contribution in [0.1, 0.15) is 23.2 Å². The minimum absolute atomic E-state index is 0.0202. The van der Waals surface area contributed by atoms with E-state index in [9.17, 15) is 4.79 Å². The Hall–Kier alpha value is -1.75. The molecule has 1 fully saturated rings. The smallest absolute Gasteiger partial charge is 0.339 e. The van der Waals surface area contributed by atoms with Crippen molar-refractivity contribution in [3.63, 3.8) is 0 Å². The van der Waals surface area contributed by atoms with E-state index in [1.54, 1.807) is 12.1 Å². The van der Waals surface area contributed by atoms with Crippen molar-refractivity contribution in [3.05, 3.63) is 23.8 Å². The summed E-state index contributed by atoms with van der Waals surface area (Å²) in [7, 11) is 1.50. The molecule has 1 saturated heterocycles.